The molecule has 0 saturated carbocycles. The van der Waals surface area contributed by atoms with Crippen LogP contribution in [-0.2, 0) is 28.7 Å². The minimum absolute atomic E-state index is 0.0928. The van der Waals surface area contributed by atoms with Gasteiger partial charge in [-0.25, -0.2) is 0 Å². The number of likely N-dealkylation sites (tertiary alicyclic amines) is 1. The van der Waals surface area contributed by atoms with E-state index < -0.39 is 53.5 Å². The maximum atomic E-state index is 15.0. The fourth-order valence-electron chi connectivity index (χ4n) is 8.32. The maximum absolute atomic E-state index is 15.0. The Bertz CT molecular complexity index is 1590. The van der Waals surface area contributed by atoms with E-state index in [1.54, 1.807) is 17.1 Å². The van der Waals surface area contributed by atoms with Gasteiger partial charge in [-0.2, -0.15) is 0 Å². The number of anilines is 2. The van der Waals surface area contributed by atoms with Crippen molar-refractivity contribution in [1.82, 2.24) is 10.2 Å². The molecule has 2 aromatic carbocycles. The Kier molecular flexibility index (Phi) is 12.6. The third kappa shape index (κ3) is 7.39. The summed E-state index contributed by atoms with van der Waals surface area (Å²) in [6, 6.07) is 14.5. The Balaban J connectivity index is 1.49. The highest BCUT2D eigenvalue weighted by Gasteiger charge is 2.75. The normalized spacial score (nSPS) is 24.3. The summed E-state index contributed by atoms with van der Waals surface area (Å²) in [4.78, 5) is 61.9. The van der Waals surface area contributed by atoms with Crippen molar-refractivity contribution < 1.29 is 33.8 Å². The monoisotopic (exact) mass is 714 g/mol. The largest absolute Gasteiger partial charge is 0.463 e. The van der Waals surface area contributed by atoms with Crippen LogP contribution in [0.4, 0.5) is 11.4 Å². The number of fused-ring (bicyclic) bond motifs is 1. The first-order valence-corrected chi connectivity index (χ1v) is 18.6. The molecule has 3 aliphatic rings. The van der Waals surface area contributed by atoms with Crippen LogP contribution < -0.4 is 15.1 Å². The predicted octanol–water partition coefficient (Wildman–Crippen LogP) is 4.81. The van der Waals surface area contributed by atoms with Crippen molar-refractivity contribution in [3.05, 3.63) is 85.5 Å². The van der Waals surface area contributed by atoms with E-state index in [9.17, 15) is 19.5 Å². The number of nitrogens with zero attached hydrogens (tertiary/aromatic N) is 3. The predicted molar refractivity (Wildman–Crippen MR) is 200 cm³/mol. The first-order valence-electron chi connectivity index (χ1n) is 18.6. The summed E-state index contributed by atoms with van der Waals surface area (Å²) in [6.07, 6.45) is 4.24. The molecule has 3 heterocycles. The first-order chi connectivity index (χ1) is 25.1. The van der Waals surface area contributed by atoms with Gasteiger partial charge in [0.2, 0.25) is 11.8 Å². The summed E-state index contributed by atoms with van der Waals surface area (Å²) in [6.45, 7) is 17.0. The van der Waals surface area contributed by atoms with E-state index in [0.29, 0.717) is 24.9 Å². The van der Waals surface area contributed by atoms with Crippen LogP contribution in [0.2, 0.25) is 0 Å². The highest BCUT2D eigenvalue weighted by Crippen LogP contribution is 2.59. The number of allylic oxidation sites excluding steroid dienone is 1. The van der Waals surface area contributed by atoms with Crippen LogP contribution in [0.25, 0.3) is 0 Å². The van der Waals surface area contributed by atoms with Crippen LogP contribution in [0.5, 0.6) is 0 Å². The van der Waals surface area contributed by atoms with Crippen molar-refractivity contribution >= 4 is 35.1 Å². The van der Waals surface area contributed by atoms with E-state index in [-0.39, 0.29) is 43.9 Å². The van der Waals surface area contributed by atoms with Gasteiger partial charge in [0.1, 0.15) is 18.2 Å². The number of aliphatic hydroxyl groups is 1. The molecule has 0 radical (unpaired) electrons. The van der Waals surface area contributed by atoms with Crippen molar-refractivity contribution in [2.45, 2.75) is 83.2 Å². The minimum Gasteiger partial charge on any atom is -0.463 e. The van der Waals surface area contributed by atoms with Crippen LogP contribution in [-0.4, -0.2) is 90.3 Å². The molecule has 11 heteroatoms. The first kappa shape index (κ1) is 38.7. The van der Waals surface area contributed by atoms with Crippen LogP contribution in [0.1, 0.15) is 65.0 Å². The molecule has 3 saturated heterocycles. The molecule has 2 aromatic rings. The summed E-state index contributed by atoms with van der Waals surface area (Å²) < 4.78 is 12.3. The number of ether oxygens (including phenoxy) is 2. The van der Waals surface area contributed by atoms with Gasteiger partial charge in [-0.05, 0) is 68.9 Å². The molecule has 52 heavy (non-hydrogen) atoms. The topological polar surface area (TPSA) is 129 Å². The van der Waals surface area contributed by atoms with Gasteiger partial charge in [-0.1, -0.05) is 56.3 Å². The number of hydrogen-bond donors (Lipinski definition) is 2. The second kappa shape index (κ2) is 16.9. The number of esters is 1. The molecule has 2 N–H and O–H groups in total. The average molecular weight is 715 g/mol. The lowest BCUT2D eigenvalue weighted by atomic mass is 9.70. The molecule has 0 unspecified atom stereocenters. The molecule has 280 valence electrons. The van der Waals surface area contributed by atoms with E-state index in [0.717, 1.165) is 24.3 Å². The zero-order chi connectivity index (χ0) is 37.6. The summed E-state index contributed by atoms with van der Waals surface area (Å²) in [5.74, 6) is -3.57. The Labute approximate surface area is 307 Å². The summed E-state index contributed by atoms with van der Waals surface area (Å²) in [5.41, 5.74) is 1.14. The smallest absolute Gasteiger partial charge is 0.306 e. The molecule has 3 amide bonds. The molecule has 0 aliphatic carbocycles. The number of carbonyl (C=O) groups excluding carboxylic acids is 4. The molecule has 3 aliphatic heterocycles. The minimum atomic E-state index is -1.27. The van der Waals surface area contributed by atoms with E-state index in [2.05, 4.69) is 37.2 Å². The van der Waals surface area contributed by atoms with Gasteiger partial charge in [0.25, 0.3) is 5.91 Å². The standard InChI is InChI=1S/C41H54N4O7/c1-7-11-17-34(47)51-26-31(28-15-13-12-14-16-28)42-38(48)35-33-22-23-41(52-33)36(35)39(49)45(32(25-46)27(5)6)37(41)40(50)44(24-8-2)30-20-18-29(19-21-30)43(9-3)10-4/h7-8,12-16,18-21,27,31-33,35-37,46H,1-2,9-11,17,22-26H2,3-6H3,(H,42,48)/t31-,32-,33-,35+,36+,37-,41+/m0/s1. The Morgan fingerprint density at radius 2 is 1.73 bits per heavy atom. The van der Waals surface area contributed by atoms with Crippen LogP contribution in [0, 0.1) is 17.8 Å². The third-order valence-electron chi connectivity index (χ3n) is 10.9. The molecule has 5 rings (SSSR count). The third-order valence-corrected chi connectivity index (χ3v) is 10.9. The second-order valence-corrected chi connectivity index (χ2v) is 14.2. The number of carbonyl (C=O) groups is 4. The zero-order valence-corrected chi connectivity index (χ0v) is 30.9. The van der Waals surface area contributed by atoms with Gasteiger partial charge < -0.3 is 34.6 Å². The summed E-state index contributed by atoms with van der Waals surface area (Å²) >= 11 is 0. The van der Waals surface area contributed by atoms with Gasteiger partial charge in [0.05, 0.1) is 36.6 Å². The van der Waals surface area contributed by atoms with E-state index in [1.807, 2.05) is 68.4 Å². The SMILES string of the molecule is C=CCCC(=O)OC[C@H](NC(=O)[C@@H]1[C@@H]2CC[C@]3(O2)[C@H](C(=O)N(CC=C)c2ccc(N(CC)CC)cc2)N([C@@H](CO)C(C)C)C(=O)[C@@H]13)c1ccccc1. The van der Waals surface area contributed by atoms with Gasteiger partial charge in [0.15, 0.2) is 0 Å². The van der Waals surface area contributed by atoms with E-state index in [1.165, 1.54) is 4.90 Å². The molecule has 3 fully saturated rings. The highest BCUT2D eigenvalue weighted by molar-refractivity contribution is 6.05. The van der Waals surface area contributed by atoms with Crippen molar-refractivity contribution in [3.63, 3.8) is 0 Å². The number of rotatable bonds is 18. The molecule has 11 nitrogen and oxygen atoms in total. The molecule has 2 bridgehead atoms. The number of aliphatic hydroxyl groups excluding tert-OH is 1. The van der Waals surface area contributed by atoms with Crippen LogP contribution >= 0.6 is 0 Å². The molecular weight excluding hydrogens is 660 g/mol. The Hall–Kier alpha value is -4.48. The van der Waals surface area contributed by atoms with Gasteiger partial charge in [-0.3, -0.25) is 19.2 Å². The average Bonchev–Trinajstić information content (AvgIpc) is 3.80. The fourth-order valence-corrected chi connectivity index (χ4v) is 8.32. The van der Waals surface area contributed by atoms with Crippen molar-refractivity contribution in [2.24, 2.45) is 17.8 Å². The van der Waals surface area contributed by atoms with Gasteiger partial charge in [-0.15, -0.1) is 13.2 Å². The lowest BCUT2D eigenvalue weighted by Gasteiger charge is -2.40. The van der Waals surface area contributed by atoms with Crippen molar-refractivity contribution in [3.8, 4) is 0 Å². The quantitative estimate of drug-likeness (QED) is 0.166. The highest BCUT2D eigenvalue weighted by atomic mass is 16.5. The molecule has 0 aromatic heterocycles. The zero-order valence-electron chi connectivity index (χ0n) is 30.9. The Morgan fingerprint density at radius 1 is 1.06 bits per heavy atom. The van der Waals surface area contributed by atoms with E-state index in [4.69, 9.17) is 9.47 Å². The lowest BCUT2D eigenvalue weighted by Crippen LogP contribution is -2.59. The number of benzene rings is 2. The number of amides is 3. The Morgan fingerprint density at radius 3 is 2.33 bits per heavy atom. The lowest BCUT2D eigenvalue weighted by molar-refractivity contribution is -0.147. The number of hydrogen-bond acceptors (Lipinski definition) is 8. The van der Waals surface area contributed by atoms with Gasteiger partial charge >= 0.3 is 5.97 Å². The van der Waals surface area contributed by atoms with Crippen molar-refractivity contribution in [2.75, 3.05) is 42.6 Å². The van der Waals surface area contributed by atoms with Gasteiger partial charge in [0, 0.05) is 37.4 Å². The van der Waals surface area contributed by atoms with Crippen LogP contribution in [0.15, 0.2) is 79.9 Å². The fraction of sp³-hybridized carbons (Fsp3) is 0.512. The second-order valence-electron chi connectivity index (χ2n) is 14.2. The van der Waals surface area contributed by atoms with Crippen LogP contribution in [0.3, 0.4) is 0 Å². The molecule has 7 atom stereocenters. The summed E-state index contributed by atoms with van der Waals surface area (Å²) in [7, 11) is 0. The number of nitrogens with one attached hydrogen (secondary N) is 1. The summed E-state index contributed by atoms with van der Waals surface area (Å²) in [5, 5.41) is 13.7. The van der Waals surface area contributed by atoms with E-state index >= 15 is 4.79 Å². The maximum Gasteiger partial charge on any atom is 0.306 e. The molecule has 1 spiro atoms. The van der Waals surface area contributed by atoms with Crippen molar-refractivity contribution in [1.29, 1.82) is 0 Å². The molecular formula is C41H54N4O7.